The van der Waals surface area contributed by atoms with Crippen molar-refractivity contribution in [2.24, 2.45) is 5.92 Å². The minimum atomic E-state index is -5.03. The molecule has 0 atom stereocenters. The molecule has 0 aliphatic carbocycles. The smallest absolute Gasteiger partial charge is 0.405 e. The quantitative estimate of drug-likeness (QED) is 0.234. The third-order valence-electron chi connectivity index (χ3n) is 6.81. The van der Waals surface area contributed by atoms with Crippen molar-refractivity contribution in [1.82, 2.24) is 25.6 Å². The Morgan fingerprint density at radius 1 is 1.05 bits per heavy atom. The molecular weight excluding hydrogens is 614 g/mol. The van der Waals surface area contributed by atoms with Crippen molar-refractivity contribution < 1.29 is 40.7 Å². The number of anilines is 1. The zero-order valence-corrected chi connectivity index (χ0v) is 23.5. The molecule has 2 aliphatic heterocycles. The minimum Gasteiger partial charge on any atom is -0.405 e. The normalized spacial score (nSPS) is 17.3. The number of ether oxygens (including phenoxy) is 1. The molecule has 9 nitrogen and oxygen atoms in total. The molecule has 0 spiro atoms. The summed E-state index contributed by atoms with van der Waals surface area (Å²) < 4.78 is 83.6. The highest BCUT2D eigenvalue weighted by atomic mass is 32.2. The number of carbonyl (C=O) groups is 2. The molecule has 0 saturated carbocycles. The second-order valence-electron chi connectivity index (χ2n) is 9.98. The standard InChI is InChI=1S/C28H24F6N6O3S/c29-27(30,31)23-12-17(11-20(38-23)19-3-1-2-4-21(19)43-28(32,33)34)15-35-14-16-6-9-40(10-7-16)25-36-8-5-18(37-25)13-22-24(41)39-26(42)44-22/h1-5,8,11-13,16,35H,6-7,9-10,14-15H2,(H,39,41,42). The van der Waals surface area contributed by atoms with Gasteiger partial charge < -0.3 is 15.0 Å². The third-order valence-corrected chi connectivity index (χ3v) is 7.62. The van der Waals surface area contributed by atoms with E-state index in [9.17, 15) is 35.9 Å². The second kappa shape index (κ2) is 12.8. The Morgan fingerprint density at radius 3 is 2.48 bits per heavy atom. The zero-order valence-electron chi connectivity index (χ0n) is 22.7. The number of thioether (sulfide) groups is 1. The molecule has 4 heterocycles. The molecule has 0 radical (unpaired) electrons. The molecule has 2 N–H and O–H groups in total. The van der Waals surface area contributed by atoms with Gasteiger partial charge in [0.2, 0.25) is 5.95 Å². The highest BCUT2D eigenvalue weighted by molar-refractivity contribution is 8.18. The van der Waals surface area contributed by atoms with Gasteiger partial charge in [0.25, 0.3) is 11.1 Å². The highest BCUT2D eigenvalue weighted by Gasteiger charge is 2.35. The van der Waals surface area contributed by atoms with E-state index in [2.05, 4.69) is 30.3 Å². The number of para-hydroxylation sites is 1. The first-order valence-electron chi connectivity index (χ1n) is 13.3. The molecule has 5 rings (SSSR count). The molecule has 2 aliphatic rings. The van der Waals surface area contributed by atoms with Gasteiger partial charge in [0.15, 0.2) is 0 Å². The van der Waals surface area contributed by atoms with Gasteiger partial charge in [-0.15, -0.1) is 13.2 Å². The van der Waals surface area contributed by atoms with Crippen molar-refractivity contribution >= 4 is 34.9 Å². The van der Waals surface area contributed by atoms with Crippen LogP contribution in [0.4, 0.5) is 37.1 Å². The summed E-state index contributed by atoms with van der Waals surface area (Å²) in [6.07, 6.45) is -5.28. The number of amides is 2. The fourth-order valence-electron chi connectivity index (χ4n) is 4.77. The number of benzene rings is 1. The summed E-state index contributed by atoms with van der Waals surface area (Å²) in [7, 11) is 0. The maximum absolute atomic E-state index is 13.6. The molecule has 1 aromatic carbocycles. The predicted octanol–water partition coefficient (Wildman–Crippen LogP) is 5.79. The maximum Gasteiger partial charge on any atom is 0.573 e. The second-order valence-corrected chi connectivity index (χ2v) is 11.0. The molecule has 16 heteroatoms. The first-order valence-corrected chi connectivity index (χ1v) is 14.1. The summed E-state index contributed by atoms with van der Waals surface area (Å²) in [6.45, 7) is 1.77. The Hall–Kier alpha value is -4.18. The van der Waals surface area contributed by atoms with Crippen molar-refractivity contribution in [3.05, 3.63) is 70.5 Å². The fourth-order valence-corrected chi connectivity index (χ4v) is 5.44. The lowest BCUT2D eigenvalue weighted by atomic mass is 9.97. The minimum absolute atomic E-state index is 0.0367. The van der Waals surface area contributed by atoms with Gasteiger partial charge in [0.1, 0.15) is 11.4 Å². The molecule has 2 amide bonds. The Kier molecular flexibility index (Phi) is 9.10. The number of aromatic nitrogens is 3. The Labute approximate surface area is 251 Å². The van der Waals surface area contributed by atoms with E-state index in [-0.39, 0.29) is 34.2 Å². The van der Waals surface area contributed by atoms with Crippen molar-refractivity contribution in [2.75, 3.05) is 24.5 Å². The van der Waals surface area contributed by atoms with Crippen LogP contribution in [0.25, 0.3) is 17.3 Å². The van der Waals surface area contributed by atoms with Gasteiger partial charge in [-0.25, -0.2) is 15.0 Å². The van der Waals surface area contributed by atoms with E-state index in [4.69, 9.17) is 0 Å². The average Bonchev–Trinajstić information content (AvgIpc) is 3.28. The monoisotopic (exact) mass is 638 g/mol. The molecule has 3 aromatic rings. The van der Waals surface area contributed by atoms with Crippen LogP contribution >= 0.6 is 11.8 Å². The summed E-state index contributed by atoms with van der Waals surface area (Å²) in [5, 5.41) is 4.90. The maximum atomic E-state index is 13.6. The van der Waals surface area contributed by atoms with Crippen LogP contribution in [0.15, 0.2) is 53.6 Å². The highest BCUT2D eigenvalue weighted by Crippen LogP contribution is 2.36. The van der Waals surface area contributed by atoms with Gasteiger partial charge in [-0.2, -0.15) is 13.2 Å². The number of hydrogen-bond acceptors (Lipinski definition) is 9. The third kappa shape index (κ3) is 8.05. The van der Waals surface area contributed by atoms with Crippen molar-refractivity contribution in [3.63, 3.8) is 0 Å². The number of rotatable bonds is 8. The number of carbonyl (C=O) groups excluding carboxylic acids is 2. The van der Waals surface area contributed by atoms with Crippen molar-refractivity contribution in [2.45, 2.75) is 31.9 Å². The van der Waals surface area contributed by atoms with Gasteiger partial charge in [0, 0.05) is 31.4 Å². The predicted molar refractivity (Wildman–Crippen MR) is 149 cm³/mol. The summed E-state index contributed by atoms with van der Waals surface area (Å²) >= 11 is 0.795. The van der Waals surface area contributed by atoms with Crippen LogP contribution in [0.2, 0.25) is 0 Å². The number of halogens is 6. The van der Waals surface area contributed by atoms with Gasteiger partial charge in [-0.1, -0.05) is 12.1 Å². The Bertz CT molecular complexity index is 1570. The number of nitrogens with zero attached hydrogens (tertiary/aromatic N) is 4. The van der Waals surface area contributed by atoms with Crippen LogP contribution in [0.5, 0.6) is 5.75 Å². The summed E-state index contributed by atoms with van der Waals surface area (Å²) in [4.78, 5) is 37.8. The summed E-state index contributed by atoms with van der Waals surface area (Å²) in [5.74, 6) is -0.460. The number of nitrogens with one attached hydrogen (secondary N) is 2. The van der Waals surface area contributed by atoms with E-state index in [1.54, 1.807) is 12.3 Å². The molecule has 232 valence electrons. The SMILES string of the molecule is O=C1NC(=O)C(=Cc2ccnc(N3CCC(CNCc4cc(-c5ccccc5OC(F)(F)F)nc(C(F)(F)F)c4)CC3)n2)S1. The summed E-state index contributed by atoms with van der Waals surface area (Å²) in [5.41, 5.74) is -1.05. The van der Waals surface area contributed by atoms with Gasteiger partial charge >= 0.3 is 12.5 Å². The molecule has 2 fully saturated rings. The van der Waals surface area contributed by atoms with Crippen LogP contribution in [0.3, 0.4) is 0 Å². The van der Waals surface area contributed by atoms with E-state index in [1.165, 1.54) is 30.3 Å². The lowest BCUT2D eigenvalue weighted by Gasteiger charge is -2.32. The van der Waals surface area contributed by atoms with Gasteiger partial charge in [-0.3, -0.25) is 14.9 Å². The summed E-state index contributed by atoms with van der Waals surface area (Å²) in [6, 6.07) is 8.71. The van der Waals surface area contributed by atoms with Crippen LogP contribution in [-0.4, -0.2) is 52.1 Å². The average molecular weight is 639 g/mol. The zero-order chi connectivity index (χ0) is 31.5. The number of alkyl halides is 6. The molecular formula is C28H24F6N6O3S. The molecule has 44 heavy (non-hydrogen) atoms. The number of hydrogen-bond donors (Lipinski definition) is 2. The largest absolute Gasteiger partial charge is 0.573 e. The number of piperidine rings is 1. The van der Waals surface area contributed by atoms with E-state index >= 15 is 0 Å². The van der Waals surface area contributed by atoms with Crippen LogP contribution in [0, 0.1) is 5.92 Å². The number of pyridine rings is 1. The molecule has 0 bridgehead atoms. The first-order chi connectivity index (χ1) is 20.8. The van der Waals surface area contributed by atoms with Crippen molar-refractivity contribution in [1.29, 1.82) is 0 Å². The Balaban J connectivity index is 1.21. The van der Waals surface area contributed by atoms with E-state index in [0.29, 0.717) is 31.3 Å². The van der Waals surface area contributed by atoms with Gasteiger partial charge in [0.05, 0.1) is 16.3 Å². The van der Waals surface area contributed by atoms with Gasteiger partial charge in [-0.05, 0) is 79.0 Å². The lowest BCUT2D eigenvalue weighted by molar-refractivity contribution is -0.274. The van der Waals surface area contributed by atoms with Crippen molar-refractivity contribution in [3.8, 4) is 17.0 Å². The topological polar surface area (TPSA) is 109 Å². The molecule has 2 saturated heterocycles. The van der Waals surface area contributed by atoms with Crippen LogP contribution in [-0.2, 0) is 17.5 Å². The van der Waals surface area contributed by atoms with E-state index in [0.717, 1.165) is 36.7 Å². The fraction of sp³-hybridized carbons (Fsp3) is 0.321. The Morgan fingerprint density at radius 2 is 1.80 bits per heavy atom. The lowest BCUT2D eigenvalue weighted by Crippen LogP contribution is -2.38. The molecule has 0 unspecified atom stereocenters. The number of imide groups is 1. The molecule has 2 aromatic heterocycles. The van der Waals surface area contributed by atoms with Crippen LogP contribution in [0.1, 0.15) is 29.8 Å². The first kappa shape index (κ1) is 31.3. The van der Waals surface area contributed by atoms with Crippen LogP contribution < -0.4 is 20.3 Å². The van der Waals surface area contributed by atoms with E-state index < -0.39 is 35.1 Å². The van der Waals surface area contributed by atoms with E-state index in [1.807, 2.05) is 4.90 Å².